The maximum atomic E-state index is 12.5. The van der Waals surface area contributed by atoms with E-state index in [-0.39, 0.29) is 11.2 Å². The van der Waals surface area contributed by atoms with E-state index in [1.807, 2.05) is 12.1 Å². The Hall–Kier alpha value is -1.04. The number of morpholine rings is 1. The van der Waals surface area contributed by atoms with Gasteiger partial charge < -0.3 is 10.1 Å². The normalized spacial score (nSPS) is 22.8. The first-order chi connectivity index (χ1) is 11.1. The van der Waals surface area contributed by atoms with Gasteiger partial charge in [0.15, 0.2) is 0 Å². The highest BCUT2D eigenvalue weighted by Gasteiger charge is 2.29. The van der Waals surface area contributed by atoms with E-state index in [1.54, 1.807) is 11.8 Å². The highest BCUT2D eigenvalue weighted by atomic mass is 32.2. The van der Waals surface area contributed by atoms with Crippen LogP contribution in [0.4, 0.5) is 0 Å². The molecule has 1 amide bonds. The Morgan fingerprint density at radius 3 is 2.78 bits per heavy atom. The van der Waals surface area contributed by atoms with Crippen LogP contribution in [0, 0.1) is 5.92 Å². The molecule has 23 heavy (non-hydrogen) atoms. The summed E-state index contributed by atoms with van der Waals surface area (Å²) in [5.74, 6) is 0.687. The zero-order valence-corrected chi connectivity index (χ0v) is 14.8. The molecule has 2 aliphatic heterocycles. The standard InChI is InChI=1S/C18H26N2O2S/c1-13(2)15(20-7-9-22-10-8-20)12-19-18(21)17-11-14-5-3-4-6-16(14)23-17/h3-6,13,15,17H,7-12H2,1-2H3,(H,19,21)/t15-,17-/m1/s1. The predicted molar refractivity (Wildman–Crippen MR) is 93.8 cm³/mol. The molecule has 0 unspecified atom stereocenters. The number of fused-ring (bicyclic) bond motifs is 1. The Labute approximate surface area is 143 Å². The number of amides is 1. The van der Waals surface area contributed by atoms with E-state index in [9.17, 15) is 4.79 Å². The molecule has 1 N–H and O–H groups in total. The molecule has 3 rings (SSSR count). The van der Waals surface area contributed by atoms with Crippen molar-refractivity contribution >= 4 is 17.7 Å². The number of ether oxygens (including phenoxy) is 1. The number of hydrogen-bond acceptors (Lipinski definition) is 4. The summed E-state index contributed by atoms with van der Waals surface area (Å²) in [5, 5.41) is 3.21. The van der Waals surface area contributed by atoms with Crippen LogP contribution < -0.4 is 5.32 Å². The van der Waals surface area contributed by atoms with Gasteiger partial charge in [0.1, 0.15) is 0 Å². The van der Waals surface area contributed by atoms with Gasteiger partial charge in [-0.05, 0) is 24.0 Å². The molecule has 126 valence electrons. The van der Waals surface area contributed by atoms with Gasteiger partial charge >= 0.3 is 0 Å². The number of benzene rings is 1. The van der Waals surface area contributed by atoms with Crippen LogP contribution in [-0.4, -0.2) is 54.9 Å². The second kappa shape index (κ2) is 7.69. The number of nitrogens with one attached hydrogen (secondary N) is 1. The summed E-state index contributed by atoms with van der Waals surface area (Å²) >= 11 is 1.69. The lowest BCUT2D eigenvalue weighted by molar-refractivity contribution is -0.121. The molecular formula is C18H26N2O2S. The molecule has 0 aliphatic carbocycles. The van der Waals surface area contributed by atoms with E-state index in [4.69, 9.17) is 4.74 Å². The molecule has 1 fully saturated rings. The van der Waals surface area contributed by atoms with Gasteiger partial charge in [0.2, 0.25) is 5.91 Å². The van der Waals surface area contributed by atoms with Crippen LogP contribution in [0.25, 0.3) is 0 Å². The van der Waals surface area contributed by atoms with Gasteiger partial charge in [0.25, 0.3) is 0 Å². The zero-order chi connectivity index (χ0) is 16.2. The Balaban J connectivity index is 1.53. The first kappa shape index (κ1) is 16.8. The lowest BCUT2D eigenvalue weighted by Crippen LogP contribution is -2.52. The topological polar surface area (TPSA) is 41.6 Å². The lowest BCUT2D eigenvalue weighted by atomic mass is 10.0. The molecule has 2 atom stereocenters. The van der Waals surface area contributed by atoms with Crippen LogP contribution in [-0.2, 0) is 16.0 Å². The van der Waals surface area contributed by atoms with E-state index in [0.29, 0.717) is 12.0 Å². The van der Waals surface area contributed by atoms with Crippen LogP contribution in [0.2, 0.25) is 0 Å². The summed E-state index contributed by atoms with van der Waals surface area (Å²) in [6, 6.07) is 8.71. The molecule has 0 spiro atoms. The molecule has 0 saturated carbocycles. The fourth-order valence-corrected chi connectivity index (χ4v) is 4.56. The number of carbonyl (C=O) groups is 1. The van der Waals surface area contributed by atoms with Crippen molar-refractivity contribution in [2.75, 3.05) is 32.8 Å². The van der Waals surface area contributed by atoms with Gasteiger partial charge in [-0.15, -0.1) is 11.8 Å². The van der Waals surface area contributed by atoms with Crippen molar-refractivity contribution in [1.29, 1.82) is 0 Å². The summed E-state index contributed by atoms with van der Waals surface area (Å²) in [5.41, 5.74) is 1.30. The summed E-state index contributed by atoms with van der Waals surface area (Å²) in [7, 11) is 0. The Bertz CT molecular complexity index is 519. The van der Waals surface area contributed by atoms with Gasteiger partial charge in [0.05, 0.1) is 18.5 Å². The second-order valence-corrected chi connectivity index (χ2v) is 7.87. The van der Waals surface area contributed by atoms with Crippen molar-refractivity contribution in [2.24, 2.45) is 5.92 Å². The van der Waals surface area contributed by atoms with Crippen LogP contribution in [0.3, 0.4) is 0 Å². The van der Waals surface area contributed by atoms with Crippen LogP contribution in [0.5, 0.6) is 0 Å². The third-order valence-electron chi connectivity index (χ3n) is 4.71. The first-order valence-electron chi connectivity index (χ1n) is 8.49. The van der Waals surface area contributed by atoms with E-state index in [0.717, 1.165) is 39.3 Å². The molecule has 0 aromatic heterocycles. The quantitative estimate of drug-likeness (QED) is 0.896. The molecule has 2 heterocycles. The number of hydrogen-bond donors (Lipinski definition) is 1. The monoisotopic (exact) mass is 334 g/mol. The molecule has 1 aromatic carbocycles. The van der Waals surface area contributed by atoms with Crippen LogP contribution in [0.15, 0.2) is 29.2 Å². The molecular weight excluding hydrogens is 308 g/mol. The van der Waals surface area contributed by atoms with Gasteiger partial charge in [-0.2, -0.15) is 0 Å². The first-order valence-corrected chi connectivity index (χ1v) is 9.37. The molecule has 5 heteroatoms. The van der Waals surface area contributed by atoms with Gasteiger partial charge in [0, 0.05) is 30.6 Å². The highest BCUT2D eigenvalue weighted by Crippen LogP contribution is 2.36. The number of rotatable bonds is 5. The number of nitrogens with zero attached hydrogens (tertiary/aromatic N) is 1. The number of carbonyl (C=O) groups excluding carboxylic acids is 1. The maximum Gasteiger partial charge on any atom is 0.233 e. The van der Waals surface area contributed by atoms with E-state index < -0.39 is 0 Å². The second-order valence-electron chi connectivity index (χ2n) is 6.62. The minimum absolute atomic E-state index is 0.0184. The maximum absolute atomic E-state index is 12.5. The Kier molecular flexibility index (Phi) is 5.62. The third-order valence-corrected chi connectivity index (χ3v) is 6.03. The van der Waals surface area contributed by atoms with Crippen LogP contribution >= 0.6 is 11.8 Å². The molecule has 1 saturated heterocycles. The van der Waals surface area contributed by atoms with Crippen molar-refractivity contribution in [3.63, 3.8) is 0 Å². The predicted octanol–water partition coefficient (Wildman–Crippen LogP) is 2.18. The van der Waals surface area contributed by atoms with E-state index in [1.165, 1.54) is 10.5 Å². The van der Waals surface area contributed by atoms with Crippen molar-refractivity contribution < 1.29 is 9.53 Å². The average Bonchev–Trinajstić information content (AvgIpc) is 2.99. The van der Waals surface area contributed by atoms with E-state index >= 15 is 0 Å². The highest BCUT2D eigenvalue weighted by molar-refractivity contribution is 8.01. The summed E-state index contributed by atoms with van der Waals surface area (Å²) < 4.78 is 5.44. The van der Waals surface area contributed by atoms with Gasteiger partial charge in [-0.3, -0.25) is 9.69 Å². The Morgan fingerprint density at radius 2 is 2.09 bits per heavy atom. The fraction of sp³-hybridized carbons (Fsp3) is 0.611. The van der Waals surface area contributed by atoms with Crippen molar-refractivity contribution in [3.05, 3.63) is 29.8 Å². The molecule has 0 bridgehead atoms. The minimum atomic E-state index is 0.0184. The largest absolute Gasteiger partial charge is 0.379 e. The molecule has 0 radical (unpaired) electrons. The average molecular weight is 334 g/mol. The Morgan fingerprint density at radius 1 is 1.35 bits per heavy atom. The zero-order valence-electron chi connectivity index (χ0n) is 14.0. The van der Waals surface area contributed by atoms with Crippen LogP contribution in [0.1, 0.15) is 19.4 Å². The smallest absolute Gasteiger partial charge is 0.233 e. The SMILES string of the molecule is CC(C)[C@@H](CNC(=O)[C@H]1Cc2ccccc2S1)N1CCOCC1. The molecule has 4 nitrogen and oxygen atoms in total. The summed E-state index contributed by atoms with van der Waals surface area (Å²) in [6.07, 6.45) is 0.844. The fourth-order valence-electron chi connectivity index (χ4n) is 3.34. The molecule has 2 aliphatic rings. The minimum Gasteiger partial charge on any atom is -0.379 e. The number of thioether (sulfide) groups is 1. The summed E-state index contributed by atoms with van der Waals surface area (Å²) in [6.45, 7) is 8.70. The van der Waals surface area contributed by atoms with Crippen molar-refractivity contribution in [1.82, 2.24) is 10.2 Å². The lowest BCUT2D eigenvalue weighted by Gasteiger charge is -2.37. The third kappa shape index (κ3) is 4.08. The molecule has 1 aromatic rings. The van der Waals surface area contributed by atoms with Crippen molar-refractivity contribution in [3.8, 4) is 0 Å². The van der Waals surface area contributed by atoms with E-state index in [2.05, 4.69) is 36.2 Å². The van der Waals surface area contributed by atoms with Gasteiger partial charge in [-0.1, -0.05) is 32.0 Å². The van der Waals surface area contributed by atoms with Gasteiger partial charge in [-0.25, -0.2) is 0 Å². The summed E-state index contributed by atoms with van der Waals surface area (Å²) in [4.78, 5) is 16.2. The van der Waals surface area contributed by atoms with Crippen molar-refractivity contribution in [2.45, 2.75) is 36.5 Å².